The van der Waals surface area contributed by atoms with Crippen LogP contribution in [0.15, 0.2) is 30.3 Å². The Kier molecular flexibility index (Phi) is 4.58. The predicted molar refractivity (Wildman–Crippen MR) is 73.8 cm³/mol. The molecule has 1 heterocycles. The van der Waals surface area contributed by atoms with Crippen molar-refractivity contribution in [2.75, 3.05) is 13.2 Å². The van der Waals surface area contributed by atoms with Crippen LogP contribution in [-0.4, -0.2) is 36.3 Å². The zero-order chi connectivity index (χ0) is 13.9. The summed E-state index contributed by atoms with van der Waals surface area (Å²) in [7, 11) is 0. The van der Waals surface area contributed by atoms with Crippen molar-refractivity contribution in [1.29, 1.82) is 0 Å². The normalized spacial score (nSPS) is 25.2. The van der Waals surface area contributed by atoms with Gasteiger partial charge in [-0.2, -0.15) is 0 Å². The molecule has 4 heteroatoms. The van der Waals surface area contributed by atoms with Gasteiger partial charge in [0.05, 0.1) is 19.3 Å². The predicted octanol–water partition coefficient (Wildman–Crippen LogP) is 1.85. The largest absolute Gasteiger partial charge is 0.395 e. The SMILES string of the molecule is C[C@H](NC(CO)C1COC(C)(C)O1)c1ccccc1. The fraction of sp³-hybridized carbons (Fsp3) is 0.600. The summed E-state index contributed by atoms with van der Waals surface area (Å²) in [6.45, 7) is 6.40. The van der Waals surface area contributed by atoms with Gasteiger partial charge in [0, 0.05) is 6.04 Å². The van der Waals surface area contributed by atoms with E-state index >= 15 is 0 Å². The molecule has 1 aliphatic heterocycles. The molecule has 0 saturated carbocycles. The van der Waals surface area contributed by atoms with Crippen LogP contribution in [0.5, 0.6) is 0 Å². The van der Waals surface area contributed by atoms with E-state index in [4.69, 9.17) is 9.47 Å². The highest BCUT2D eigenvalue weighted by Gasteiger charge is 2.37. The number of aliphatic hydroxyl groups is 1. The van der Waals surface area contributed by atoms with Gasteiger partial charge in [-0.15, -0.1) is 0 Å². The fourth-order valence-electron chi connectivity index (χ4n) is 2.35. The summed E-state index contributed by atoms with van der Waals surface area (Å²) in [6, 6.07) is 10.2. The van der Waals surface area contributed by atoms with Gasteiger partial charge in [-0.3, -0.25) is 0 Å². The van der Waals surface area contributed by atoms with Crippen LogP contribution in [0, 0.1) is 0 Å². The number of hydrogen-bond donors (Lipinski definition) is 2. The summed E-state index contributed by atoms with van der Waals surface area (Å²) in [5.41, 5.74) is 1.19. The first kappa shape index (κ1) is 14.5. The average molecular weight is 265 g/mol. The molecule has 0 aromatic heterocycles. The van der Waals surface area contributed by atoms with Crippen molar-refractivity contribution in [2.45, 2.75) is 44.7 Å². The summed E-state index contributed by atoms with van der Waals surface area (Å²) >= 11 is 0. The van der Waals surface area contributed by atoms with Crippen LogP contribution < -0.4 is 5.32 Å². The van der Waals surface area contributed by atoms with Gasteiger partial charge in [0.25, 0.3) is 0 Å². The van der Waals surface area contributed by atoms with Gasteiger partial charge >= 0.3 is 0 Å². The van der Waals surface area contributed by atoms with Gasteiger partial charge in [0.2, 0.25) is 0 Å². The van der Waals surface area contributed by atoms with E-state index in [0.717, 1.165) is 0 Å². The summed E-state index contributed by atoms with van der Waals surface area (Å²) < 4.78 is 11.3. The van der Waals surface area contributed by atoms with Gasteiger partial charge in [-0.1, -0.05) is 30.3 Å². The molecule has 1 aromatic rings. The van der Waals surface area contributed by atoms with Gasteiger partial charge < -0.3 is 19.9 Å². The maximum Gasteiger partial charge on any atom is 0.163 e. The molecule has 106 valence electrons. The van der Waals surface area contributed by atoms with Crippen LogP contribution in [0.1, 0.15) is 32.4 Å². The van der Waals surface area contributed by atoms with E-state index in [-0.39, 0.29) is 24.8 Å². The molecule has 0 aliphatic carbocycles. The molecule has 1 aliphatic rings. The lowest BCUT2D eigenvalue weighted by atomic mass is 10.1. The summed E-state index contributed by atoms with van der Waals surface area (Å²) in [6.07, 6.45) is -0.119. The van der Waals surface area contributed by atoms with Crippen molar-refractivity contribution in [2.24, 2.45) is 0 Å². The molecule has 4 nitrogen and oxygen atoms in total. The monoisotopic (exact) mass is 265 g/mol. The number of rotatable bonds is 5. The maximum atomic E-state index is 9.55. The molecular formula is C15H23NO3. The molecule has 0 spiro atoms. The van der Waals surface area contributed by atoms with Gasteiger partial charge in [0.1, 0.15) is 6.10 Å². The first-order valence-corrected chi connectivity index (χ1v) is 6.75. The van der Waals surface area contributed by atoms with E-state index in [1.165, 1.54) is 5.56 Å². The Morgan fingerprint density at radius 2 is 2.05 bits per heavy atom. The molecule has 2 N–H and O–H groups in total. The number of hydrogen-bond acceptors (Lipinski definition) is 4. The highest BCUT2D eigenvalue weighted by atomic mass is 16.7. The summed E-state index contributed by atoms with van der Waals surface area (Å²) in [4.78, 5) is 0. The van der Waals surface area contributed by atoms with E-state index in [1.54, 1.807) is 0 Å². The summed E-state index contributed by atoms with van der Waals surface area (Å²) in [5, 5.41) is 13.0. The Bertz CT molecular complexity index is 394. The van der Waals surface area contributed by atoms with Crippen LogP contribution in [0.2, 0.25) is 0 Å². The van der Waals surface area contributed by atoms with Crippen molar-refractivity contribution >= 4 is 0 Å². The minimum absolute atomic E-state index is 0.0290. The molecule has 19 heavy (non-hydrogen) atoms. The van der Waals surface area contributed by atoms with Gasteiger partial charge in [0.15, 0.2) is 5.79 Å². The van der Waals surface area contributed by atoms with Gasteiger partial charge in [-0.25, -0.2) is 0 Å². The number of aliphatic hydroxyl groups excluding tert-OH is 1. The molecule has 0 amide bonds. The van der Waals surface area contributed by atoms with Crippen LogP contribution in [0.4, 0.5) is 0 Å². The average Bonchev–Trinajstić information content (AvgIpc) is 2.77. The topological polar surface area (TPSA) is 50.7 Å². The first-order valence-electron chi connectivity index (χ1n) is 6.75. The fourth-order valence-corrected chi connectivity index (χ4v) is 2.35. The van der Waals surface area contributed by atoms with Crippen molar-refractivity contribution in [3.05, 3.63) is 35.9 Å². The number of benzene rings is 1. The second kappa shape index (κ2) is 6.01. The van der Waals surface area contributed by atoms with E-state index in [1.807, 2.05) is 32.0 Å². The first-order chi connectivity index (χ1) is 9.02. The highest BCUT2D eigenvalue weighted by molar-refractivity contribution is 5.18. The van der Waals surface area contributed by atoms with E-state index in [9.17, 15) is 5.11 Å². The van der Waals surface area contributed by atoms with Crippen molar-refractivity contribution in [3.8, 4) is 0 Å². The molecule has 3 atom stereocenters. The Morgan fingerprint density at radius 1 is 1.37 bits per heavy atom. The molecule has 1 aromatic carbocycles. The van der Waals surface area contributed by atoms with Crippen LogP contribution in [-0.2, 0) is 9.47 Å². The number of ether oxygens (including phenoxy) is 2. The van der Waals surface area contributed by atoms with E-state index in [2.05, 4.69) is 24.4 Å². The van der Waals surface area contributed by atoms with Crippen molar-refractivity contribution < 1.29 is 14.6 Å². The third-order valence-electron chi connectivity index (χ3n) is 3.44. The minimum Gasteiger partial charge on any atom is -0.395 e. The molecule has 2 unspecified atom stereocenters. The number of nitrogens with one attached hydrogen (secondary N) is 1. The molecule has 0 bridgehead atoms. The molecular weight excluding hydrogens is 242 g/mol. The lowest BCUT2D eigenvalue weighted by Gasteiger charge is -2.27. The van der Waals surface area contributed by atoms with Crippen LogP contribution in [0.3, 0.4) is 0 Å². The lowest BCUT2D eigenvalue weighted by Crippen LogP contribution is -2.45. The Morgan fingerprint density at radius 3 is 2.58 bits per heavy atom. The zero-order valence-corrected chi connectivity index (χ0v) is 11.8. The molecule has 0 radical (unpaired) electrons. The zero-order valence-electron chi connectivity index (χ0n) is 11.8. The quantitative estimate of drug-likeness (QED) is 0.853. The molecule has 1 fully saturated rings. The third-order valence-corrected chi connectivity index (χ3v) is 3.44. The third kappa shape index (κ3) is 3.76. The molecule has 1 saturated heterocycles. The van der Waals surface area contributed by atoms with Crippen LogP contribution >= 0.6 is 0 Å². The van der Waals surface area contributed by atoms with E-state index < -0.39 is 5.79 Å². The Hall–Kier alpha value is -0.940. The van der Waals surface area contributed by atoms with Crippen LogP contribution in [0.25, 0.3) is 0 Å². The van der Waals surface area contributed by atoms with E-state index in [0.29, 0.717) is 6.61 Å². The second-order valence-electron chi connectivity index (χ2n) is 5.46. The summed E-state index contributed by atoms with van der Waals surface area (Å²) in [5.74, 6) is -0.560. The Labute approximate surface area is 114 Å². The lowest BCUT2D eigenvalue weighted by molar-refractivity contribution is -0.143. The highest BCUT2D eigenvalue weighted by Crippen LogP contribution is 2.25. The smallest absolute Gasteiger partial charge is 0.163 e. The Balaban J connectivity index is 1.96. The standard InChI is InChI=1S/C15H23NO3/c1-11(12-7-5-4-6-8-12)16-13(9-17)14-10-18-15(2,3)19-14/h4-8,11,13-14,16-17H,9-10H2,1-3H3/t11-,13?,14?/m0/s1. The van der Waals surface area contributed by atoms with Gasteiger partial charge in [-0.05, 0) is 26.3 Å². The molecule has 2 rings (SSSR count). The minimum atomic E-state index is -0.560. The van der Waals surface area contributed by atoms with Crippen molar-refractivity contribution in [1.82, 2.24) is 5.32 Å². The second-order valence-corrected chi connectivity index (χ2v) is 5.46. The maximum absolute atomic E-state index is 9.55. The van der Waals surface area contributed by atoms with Crippen molar-refractivity contribution in [3.63, 3.8) is 0 Å².